The average Bonchev–Trinajstić information content (AvgIpc) is 3.21. The standard InChI is InChI=1S/C20H16N2O4/c21-12-14-6-8-15(9-7-14)18(23)13-26-17-4-1-3-16(11-17)22-20(24)19-5-2-10-25-19/h1-11,18,23H,13H2,(H,22,24). The van der Waals surface area contributed by atoms with E-state index in [1.54, 1.807) is 60.7 Å². The summed E-state index contributed by atoms with van der Waals surface area (Å²) in [5, 5.41) is 21.7. The normalized spacial score (nSPS) is 11.4. The minimum absolute atomic E-state index is 0.0431. The number of anilines is 1. The van der Waals surface area contributed by atoms with Crippen LogP contribution in [0.4, 0.5) is 5.69 Å². The van der Waals surface area contributed by atoms with Crippen molar-refractivity contribution in [2.75, 3.05) is 11.9 Å². The van der Waals surface area contributed by atoms with Gasteiger partial charge in [-0.1, -0.05) is 18.2 Å². The first-order valence-corrected chi connectivity index (χ1v) is 7.91. The number of carbonyl (C=O) groups excluding carboxylic acids is 1. The van der Waals surface area contributed by atoms with Crippen LogP contribution in [0.2, 0.25) is 0 Å². The third kappa shape index (κ3) is 4.29. The SMILES string of the molecule is N#Cc1ccc(C(O)COc2cccc(NC(=O)c3ccco3)c2)cc1. The zero-order valence-corrected chi connectivity index (χ0v) is 13.8. The molecule has 130 valence electrons. The van der Waals surface area contributed by atoms with E-state index in [1.165, 1.54) is 6.26 Å². The van der Waals surface area contributed by atoms with Crippen molar-refractivity contribution < 1.29 is 19.1 Å². The number of rotatable bonds is 6. The zero-order chi connectivity index (χ0) is 18.4. The van der Waals surface area contributed by atoms with E-state index in [1.807, 2.05) is 6.07 Å². The summed E-state index contributed by atoms with van der Waals surface area (Å²) in [4.78, 5) is 12.0. The van der Waals surface area contributed by atoms with Crippen LogP contribution in [0.3, 0.4) is 0 Å². The van der Waals surface area contributed by atoms with Gasteiger partial charge < -0.3 is 19.6 Å². The van der Waals surface area contributed by atoms with E-state index in [0.29, 0.717) is 22.6 Å². The highest BCUT2D eigenvalue weighted by Crippen LogP contribution is 2.21. The smallest absolute Gasteiger partial charge is 0.291 e. The molecule has 1 atom stereocenters. The summed E-state index contributed by atoms with van der Waals surface area (Å²) in [5.74, 6) is 0.368. The van der Waals surface area contributed by atoms with Crippen LogP contribution in [-0.4, -0.2) is 17.6 Å². The predicted molar refractivity (Wildman–Crippen MR) is 94.7 cm³/mol. The molecule has 1 heterocycles. The highest BCUT2D eigenvalue weighted by atomic mass is 16.5. The molecule has 0 aliphatic rings. The second-order valence-corrected chi connectivity index (χ2v) is 5.52. The summed E-state index contributed by atoms with van der Waals surface area (Å²) in [5.41, 5.74) is 1.74. The van der Waals surface area contributed by atoms with Crippen LogP contribution < -0.4 is 10.1 Å². The van der Waals surface area contributed by atoms with Crippen LogP contribution in [0.25, 0.3) is 0 Å². The molecule has 0 fully saturated rings. The van der Waals surface area contributed by atoms with Crippen molar-refractivity contribution in [2.24, 2.45) is 0 Å². The van der Waals surface area contributed by atoms with Gasteiger partial charge in [0.05, 0.1) is 17.9 Å². The lowest BCUT2D eigenvalue weighted by molar-refractivity contribution is 0.0996. The summed E-state index contributed by atoms with van der Waals surface area (Å²) in [6.45, 7) is 0.0431. The molecule has 0 radical (unpaired) electrons. The van der Waals surface area contributed by atoms with E-state index in [-0.39, 0.29) is 18.3 Å². The lowest BCUT2D eigenvalue weighted by Crippen LogP contribution is -2.12. The Kier molecular flexibility index (Phi) is 5.32. The maximum atomic E-state index is 12.0. The predicted octanol–water partition coefficient (Wildman–Crippen LogP) is 3.52. The minimum atomic E-state index is -0.830. The quantitative estimate of drug-likeness (QED) is 0.711. The number of aliphatic hydroxyl groups is 1. The van der Waals surface area contributed by atoms with E-state index in [0.717, 1.165) is 0 Å². The van der Waals surface area contributed by atoms with Gasteiger partial charge in [0.2, 0.25) is 0 Å². The van der Waals surface area contributed by atoms with Crippen molar-refractivity contribution in [1.82, 2.24) is 0 Å². The second-order valence-electron chi connectivity index (χ2n) is 5.52. The summed E-state index contributed by atoms with van der Waals surface area (Å²) in [6, 6.07) is 18.8. The molecule has 0 saturated heterocycles. The Bertz CT molecular complexity index is 912. The Morgan fingerprint density at radius 1 is 1.19 bits per heavy atom. The van der Waals surface area contributed by atoms with Crippen molar-refractivity contribution in [3.05, 3.63) is 83.8 Å². The highest BCUT2D eigenvalue weighted by Gasteiger charge is 2.11. The van der Waals surface area contributed by atoms with Gasteiger partial charge in [-0.05, 0) is 42.0 Å². The Balaban J connectivity index is 1.59. The molecule has 1 unspecified atom stereocenters. The number of hydrogen-bond acceptors (Lipinski definition) is 5. The summed E-state index contributed by atoms with van der Waals surface area (Å²) in [7, 11) is 0. The van der Waals surface area contributed by atoms with Crippen LogP contribution in [0, 0.1) is 11.3 Å². The number of furan rings is 1. The van der Waals surface area contributed by atoms with Gasteiger partial charge in [0.1, 0.15) is 18.5 Å². The number of nitrogens with one attached hydrogen (secondary N) is 1. The van der Waals surface area contributed by atoms with Gasteiger partial charge in [0.15, 0.2) is 5.76 Å². The molecule has 3 aromatic rings. The van der Waals surface area contributed by atoms with Crippen LogP contribution in [0.15, 0.2) is 71.3 Å². The molecule has 26 heavy (non-hydrogen) atoms. The van der Waals surface area contributed by atoms with Crippen molar-refractivity contribution in [2.45, 2.75) is 6.10 Å². The third-order valence-electron chi connectivity index (χ3n) is 3.67. The highest BCUT2D eigenvalue weighted by molar-refractivity contribution is 6.02. The van der Waals surface area contributed by atoms with Gasteiger partial charge in [-0.15, -0.1) is 0 Å². The number of ether oxygens (including phenoxy) is 1. The summed E-state index contributed by atoms with van der Waals surface area (Å²) < 4.78 is 10.6. The van der Waals surface area contributed by atoms with E-state index >= 15 is 0 Å². The lowest BCUT2D eigenvalue weighted by atomic mass is 10.1. The molecule has 0 aliphatic carbocycles. The zero-order valence-electron chi connectivity index (χ0n) is 13.8. The number of aliphatic hydroxyl groups excluding tert-OH is 1. The number of nitrogens with zero attached hydrogens (tertiary/aromatic N) is 1. The van der Waals surface area contributed by atoms with Gasteiger partial charge in [0, 0.05) is 11.8 Å². The van der Waals surface area contributed by atoms with Crippen LogP contribution in [-0.2, 0) is 0 Å². The fourth-order valence-electron chi connectivity index (χ4n) is 2.32. The Labute approximate surface area is 150 Å². The van der Waals surface area contributed by atoms with Crippen LogP contribution in [0.1, 0.15) is 27.8 Å². The summed E-state index contributed by atoms with van der Waals surface area (Å²) >= 11 is 0. The maximum Gasteiger partial charge on any atom is 0.291 e. The molecule has 0 saturated carbocycles. The van der Waals surface area contributed by atoms with Crippen molar-refractivity contribution in [3.8, 4) is 11.8 Å². The Hall–Kier alpha value is -3.56. The first-order valence-electron chi connectivity index (χ1n) is 7.91. The number of hydrogen-bond donors (Lipinski definition) is 2. The van der Waals surface area contributed by atoms with Gasteiger partial charge in [-0.25, -0.2) is 0 Å². The molecule has 1 aromatic heterocycles. The van der Waals surface area contributed by atoms with E-state index in [4.69, 9.17) is 14.4 Å². The monoisotopic (exact) mass is 348 g/mol. The molecule has 6 nitrogen and oxygen atoms in total. The maximum absolute atomic E-state index is 12.0. The third-order valence-corrected chi connectivity index (χ3v) is 3.67. The van der Waals surface area contributed by atoms with Crippen LogP contribution in [0.5, 0.6) is 5.75 Å². The van der Waals surface area contributed by atoms with E-state index < -0.39 is 6.10 Å². The Morgan fingerprint density at radius 2 is 2.00 bits per heavy atom. The molecular weight excluding hydrogens is 332 g/mol. The summed E-state index contributed by atoms with van der Waals surface area (Å²) in [6.07, 6.45) is 0.600. The number of amides is 1. The first kappa shape index (κ1) is 17.3. The van der Waals surface area contributed by atoms with Crippen LogP contribution >= 0.6 is 0 Å². The molecule has 0 aliphatic heterocycles. The molecule has 0 bridgehead atoms. The minimum Gasteiger partial charge on any atom is -0.490 e. The van der Waals surface area contributed by atoms with Crippen molar-refractivity contribution in [1.29, 1.82) is 5.26 Å². The van der Waals surface area contributed by atoms with E-state index in [2.05, 4.69) is 5.32 Å². The molecule has 2 N–H and O–H groups in total. The molecule has 6 heteroatoms. The first-order chi connectivity index (χ1) is 12.7. The molecule has 1 amide bonds. The molecule has 0 spiro atoms. The topological polar surface area (TPSA) is 95.5 Å². The lowest BCUT2D eigenvalue weighted by Gasteiger charge is -2.13. The molecule has 3 rings (SSSR count). The van der Waals surface area contributed by atoms with Crippen molar-refractivity contribution >= 4 is 11.6 Å². The van der Waals surface area contributed by atoms with E-state index in [9.17, 15) is 9.90 Å². The van der Waals surface area contributed by atoms with Gasteiger partial charge in [0.25, 0.3) is 5.91 Å². The molecule has 2 aromatic carbocycles. The number of nitriles is 1. The molecular formula is C20H16N2O4. The van der Waals surface area contributed by atoms with Crippen molar-refractivity contribution in [3.63, 3.8) is 0 Å². The number of benzene rings is 2. The van der Waals surface area contributed by atoms with Gasteiger partial charge in [-0.3, -0.25) is 4.79 Å². The average molecular weight is 348 g/mol. The largest absolute Gasteiger partial charge is 0.490 e. The van der Waals surface area contributed by atoms with Gasteiger partial charge >= 0.3 is 0 Å². The fourth-order valence-corrected chi connectivity index (χ4v) is 2.32. The van der Waals surface area contributed by atoms with Gasteiger partial charge in [-0.2, -0.15) is 5.26 Å². The Morgan fingerprint density at radius 3 is 2.69 bits per heavy atom. The second kappa shape index (κ2) is 8.01. The number of carbonyl (C=O) groups is 1. The fraction of sp³-hybridized carbons (Fsp3) is 0.100.